The van der Waals surface area contributed by atoms with Gasteiger partial charge in [0, 0.05) is 1.37 Å². The van der Waals surface area contributed by atoms with Gasteiger partial charge in [0.2, 0.25) is 0 Å². The molecule has 0 aliphatic carbocycles. The minimum atomic E-state index is -3.86. The Bertz CT molecular complexity index is 126. The monoisotopic (exact) mass is 111 g/mol. The molecule has 0 unspecified atom stereocenters. The van der Waals surface area contributed by atoms with E-state index in [0.29, 0.717) is 0 Å². The van der Waals surface area contributed by atoms with Gasteiger partial charge in [0.15, 0.2) is 0 Å². The van der Waals surface area contributed by atoms with E-state index in [1.807, 2.05) is 0 Å². The summed E-state index contributed by atoms with van der Waals surface area (Å²) in [5, 5.41) is 0. The van der Waals surface area contributed by atoms with Gasteiger partial charge >= 0.3 is 0 Å². The van der Waals surface area contributed by atoms with E-state index >= 15 is 0 Å². The molecule has 0 fully saturated rings. The van der Waals surface area contributed by atoms with Crippen molar-refractivity contribution in [1.82, 2.24) is 0 Å². The topological polar surface area (TPSA) is 54.4 Å². The van der Waals surface area contributed by atoms with Gasteiger partial charge in [-0.2, -0.15) is 8.42 Å². The maximum atomic E-state index is 9.67. The van der Waals surface area contributed by atoms with Crippen LogP contribution in [0, 0.1) is 0 Å². The molecule has 38 valence electrons. The second kappa shape index (κ2) is 1.57. The summed E-state index contributed by atoms with van der Waals surface area (Å²) in [6.45, 7) is -0.279. The summed E-state index contributed by atoms with van der Waals surface area (Å²) in [6.07, 6.45) is 0. The van der Waals surface area contributed by atoms with Crippen LogP contribution in [0.5, 0.6) is 0 Å². The van der Waals surface area contributed by atoms with Crippen LogP contribution in [0.3, 0.4) is 0 Å². The van der Waals surface area contributed by atoms with E-state index in [9.17, 15) is 8.42 Å². The first-order valence-corrected chi connectivity index (χ1v) is 2.91. The molecule has 0 heterocycles. The van der Waals surface area contributed by atoms with Crippen LogP contribution < -0.4 is 0 Å². The summed E-state index contributed by atoms with van der Waals surface area (Å²) in [4.78, 5) is 0. The average molecular weight is 111 g/mol. The Morgan fingerprint density at radius 3 is 2.50 bits per heavy atom. The molecule has 0 rings (SSSR count). The van der Waals surface area contributed by atoms with E-state index in [1.165, 1.54) is 0 Å². The largest absolute Gasteiger partial charge is 0.286 e. The number of hydrogen-bond donors (Lipinski definition) is 1. The zero-order valence-corrected chi connectivity index (χ0v) is 3.90. The fourth-order valence-electron chi connectivity index (χ4n) is 0. The van der Waals surface area contributed by atoms with Crippen LogP contribution >= 0.6 is 0 Å². The van der Waals surface area contributed by atoms with Gasteiger partial charge in [-0.15, -0.1) is 0 Å². The Morgan fingerprint density at radius 2 is 2.50 bits per heavy atom. The molecule has 4 heteroatoms. The Kier molecular flexibility index (Phi) is 1.07. The van der Waals surface area contributed by atoms with Crippen LogP contribution in [0.15, 0.2) is 0 Å². The van der Waals surface area contributed by atoms with Gasteiger partial charge in [-0.25, -0.2) is 0 Å². The summed E-state index contributed by atoms with van der Waals surface area (Å²) in [5.74, 6) is -0.465. The van der Waals surface area contributed by atoms with Gasteiger partial charge in [-0.1, -0.05) is 0 Å². The normalized spacial score (nSPS) is 13.8. The van der Waals surface area contributed by atoms with Gasteiger partial charge in [0.05, 0.1) is 5.75 Å². The van der Waals surface area contributed by atoms with Crippen molar-refractivity contribution in [3.63, 3.8) is 0 Å². The van der Waals surface area contributed by atoms with E-state index in [4.69, 9.17) is 5.92 Å². The van der Waals surface area contributed by atoms with E-state index in [-0.39, 0.29) is 6.90 Å². The van der Waals surface area contributed by atoms with Gasteiger partial charge in [0.1, 0.15) is 0 Å². The summed E-state index contributed by atoms with van der Waals surface area (Å²) < 4.78 is 33.5. The molecule has 0 radical (unpaired) electrons. The SMILES string of the molecule is [2H]CCS(=O)(=O)O. The highest BCUT2D eigenvalue weighted by Crippen LogP contribution is 1.74. The Hall–Kier alpha value is -0.0900. The third-order valence-electron chi connectivity index (χ3n) is 0.258. The number of hydrogen-bond acceptors (Lipinski definition) is 2. The van der Waals surface area contributed by atoms with Crippen molar-refractivity contribution in [3.05, 3.63) is 0 Å². The minimum Gasteiger partial charge on any atom is -0.286 e. The van der Waals surface area contributed by atoms with E-state index in [1.54, 1.807) is 0 Å². The average Bonchev–Trinajstić information content (AvgIpc) is 1.30. The summed E-state index contributed by atoms with van der Waals surface area (Å²) in [7, 11) is -3.86. The number of rotatable bonds is 1. The Morgan fingerprint density at radius 1 is 2.00 bits per heavy atom. The van der Waals surface area contributed by atoms with Crippen molar-refractivity contribution in [2.24, 2.45) is 0 Å². The van der Waals surface area contributed by atoms with Gasteiger partial charge in [-0.3, -0.25) is 4.55 Å². The Labute approximate surface area is 38.1 Å². The van der Waals surface area contributed by atoms with Crippen LogP contribution in [0.4, 0.5) is 0 Å². The van der Waals surface area contributed by atoms with Crippen molar-refractivity contribution in [2.75, 3.05) is 5.75 Å². The molecular formula is C2H6O3S. The predicted molar refractivity (Wildman–Crippen MR) is 22.1 cm³/mol. The lowest BCUT2D eigenvalue weighted by Crippen LogP contribution is -1.97. The first-order chi connectivity index (χ1) is 3.06. The molecule has 0 aromatic rings. The second-order valence-electron chi connectivity index (χ2n) is 0.786. The standard InChI is InChI=1S/C2H6O3S/c1-2-6(3,4)5/h2H2,1H3,(H,3,4,5)/i1D. The fraction of sp³-hybridized carbons (Fsp3) is 1.00. The molecule has 0 aromatic heterocycles. The molecule has 0 amide bonds. The highest BCUT2D eigenvalue weighted by Gasteiger charge is 1.93. The van der Waals surface area contributed by atoms with Gasteiger partial charge < -0.3 is 0 Å². The van der Waals surface area contributed by atoms with Crippen molar-refractivity contribution >= 4 is 10.1 Å². The lowest BCUT2D eigenvalue weighted by atomic mass is 11.0. The molecule has 3 nitrogen and oxygen atoms in total. The first-order valence-electron chi connectivity index (χ1n) is 2.01. The Balaban J connectivity index is 3.60. The van der Waals surface area contributed by atoms with Crippen LogP contribution in [-0.2, 0) is 10.1 Å². The maximum Gasteiger partial charge on any atom is 0.264 e. The highest BCUT2D eigenvalue weighted by molar-refractivity contribution is 7.85. The summed E-state index contributed by atoms with van der Waals surface area (Å²) in [5.41, 5.74) is 0. The molecule has 0 saturated heterocycles. The van der Waals surface area contributed by atoms with Crippen molar-refractivity contribution in [2.45, 2.75) is 6.90 Å². The molecule has 0 bridgehead atoms. The highest BCUT2D eigenvalue weighted by atomic mass is 32.2. The van der Waals surface area contributed by atoms with Crippen LogP contribution in [0.2, 0.25) is 0 Å². The maximum absolute atomic E-state index is 9.67. The third-order valence-corrected chi connectivity index (χ3v) is 0.774. The lowest BCUT2D eigenvalue weighted by molar-refractivity contribution is 0.484. The molecule has 1 N–H and O–H groups in total. The van der Waals surface area contributed by atoms with E-state index in [0.717, 1.165) is 0 Å². The molecule has 0 aliphatic heterocycles. The van der Waals surface area contributed by atoms with Crippen LogP contribution in [0.1, 0.15) is 8.27 Å². The molecule has 0 aliphatic rings. The molecule has 0 saturated carbocycles. The minimum absolute atomic E-state index is 0.279. The molecular weight excluding hydrogens is 104 g/mol. The quantitative estimate of drug-likeness (QED) is 0.480. The summed E-state index contributed by atoms with van der Waals surface area (Å²) in [6, 6.07) is 0. The molecule has 0 spiro atoms. The van der Waals surface area contributed by atoms with Gasteiger partial charge in [-0.05, 0) is 6.90 Å². The third kappa shape index (κ3) is 3.91. The zero-order chi connectivity index (χ0) is 5.91. The van der Waals surface area contributed by atoms with E-state index < -0.39 is 15.9 Å². The van der Waals surface area contributed by atoms with Crippen molar-refractivity contribution in [1.29, 1.82) is 0 Å². The first kappa shape index (κ1) is 4.08. The smallest absolute Gasteiger partial charge is 0.264 e. The molecule has 6 heavy (non-hydrogen) atoms. The van der Waals surface area contributed by atoms with Crippen LogP contribution in [-0.4, -0.2) is 18.7 Å². The molecule has 0 aromatic carbocycles. The van der Waals surface area contributed by atoms with Gasteiger partial charge in [0.25, 0.3) is 10.1 Å². The summed E-state index contributed by atoms with van der Waals surface area (Å²) >= 11 is 0. The predicted octanol–water partition coefficient (Wildman–Crippen LogP) is -0.106. The zero-order valence-electron chi connectivity index (χ0n) is 4.09. The van der Waals surface area contributed by atoms with Crippen LogP contribution in [0.25, 0.3) is 0 Å². The molecule has 0 atom stereocenters. The van der Waals surface area contributed by atoms with E-state index in [2.05, 4.69) is 0 Å². The second-order valence-corrected chi connectivity index (χ2v) is 2.36. The lowest BCUT2D eigenvalue weighted by Gasteiger charge is -1.79. The van der Waals surface area contributed by atoms with Crippen molar-refractivity contribution in [3.8, 4) is 0 Å². The fourth-order valence-corrected chi connectivity index (χ4v) is 0. The van der Waals surface area contributed by atoms with Crippen molar-refractivity contribution < 1.29 is 14.3 Å².